The van der Waals surface area contributed by atoms with E-state index >= 15 is 0 Å². The largest absolute Gasteiger partial charge is 0.364 e. The highest BCUT2D eigenvalue weighted by molar-refractivity contribution is 6.31. The smallest absolute Gasteiger partial charge is 0.269 e. The normalized spacial score (nSPS) is 11.2. The molecule has 0 aliphatic heterocycles. The van der Waals surface area contributed by atoms with Crippen LogP contribution in [0.3, 0.4) is 0 Å². The van der Waals surface area contributed by atoms with Gasteiger partial charge in [0.1, 0.15) is 10.8 Å². The second kappa shape index (κ2) is 9.41. The third kappa shape index (κ3) is 4.96. The number of benzene rings is 1. The number of primary amides is 1. The van der Waals surface area contributed by atoms with Crippen molar-refractivity contribution < 1.29 is 9.59 Å². The molecule has 3 N–H and O–H groups in total. The third-order valence-corrected chi connectivity index (χ3v) is 4.87. The van der Waals surface area contributed by atoms with E-state index in [4.69, 9.17) is 17.3 Å². The average Bonchev–Trinajstić information content (AvgIpc) is 3.31. The summed E-state index contributed by atoms with van der Waals surface area (Å²) < 4.78 is 3.29. The van der Waals surface area contributed by atoms with Gasteiger partial charge in [-0.25, -0.2) is 4.68 Å². The number of halogens is 1. The van der Waals surface area contributed by atoms with E-state index in [1.807, 2.05) is 6.92 Å². The molecule has 0 saturated heterocycles. The van der Waals surface area contributed by atoms with Crippen LogP contribution in [-0.4, -0.2) is 31.4 Å². The summed E-state index contributed by atoms with van der Waals surface area (Å²) >= 11 is 6.39. The van der Waals surface area contributed by atoms with Gasteiger partial charge in [-0.2, -0.15) is 10.2 Å². The summed E-state index contributed by atoms with van der Waals surface area (Å²) in [5, 5.41) is 11.8. The van der Waals surface area contributed by atoms with E-state index in [1.165, 1.54) is 10.8 Å². The minimum atomic E-state index is -0.587. The molecule has 1 aromatic carbocycles. The SMILES string of the molecule is CCCCn1nc(C)c(/C=C/C(=O)Nc2ccc(-n3ccc(C(N)=O)n3)cc2)c1Cl. The highest BCUT2D eigenvalue weighted by Crippen LogP contribution is 2.22. The Morgan fingerprint density at radius 1 is 1.20 bits per heavy atom. The predicted octanol–water partition coefficient (Wildman–Crippen LogP) is 3.58. The number of anilines is 1. The number of hydrogen-bond acceptors (Lipinski definition) is 4. The standard InChI is InChI=1S/C21H23ClN6O2/c1-3-4-12-28-20(22)17(14(2)25-28)9-10-19(29)24-15-5-7-16(8-6-15)27-13-11-18(26-27)21(23)30/h5-11,13H,3-4,12H2,1-2H3,(H2,23,30)(H,24,29)/b10-9+. The first-order valence-electron chi connectivity index (χ1n) is 9.57. The van der Waals surface area contributed by atoms with E-state index in [0.717, 1.165) is 36.3 Å². The van der Waals surface area contributed by atoms with Gasteiger partial charge in [0.25, 0.3) is 5.91 Å². The lowest BCUT2D eigenvalue weighted by atomic mass is 10.2. The van der Waals surface area contributed by atoms with Gasteiger partial charge in [-0.1, -0.05) is 24.9 Å². The fraction of sp³-hybridized carbons (Fsp3) is 0.238. The number of aromatic nitrogens is 4. The lowest BCUT2D eigenvalue weighted by Crippen LogP contribution is -2.12. The number of nitrogens with one attached hydrogen (secondary N) is 1. The fourth-order valence-electron chi connectivity index (χ4n) is 2.85. The predicted molar refractivity (Wildman–Crippen MR) is 117 cm³/mol. The van der Waals surface area contributed by atoms with E-state index in [0.29, 0.717) is 10.8 Å². The topological polar surface area (TPSA) is 108 Å². The van der Waals surface area contributed by atoms with Crippen LogP contribution in [0.1, 0.15) is 41.5 Å². The molecule has 156 valence electrons. The molecule has 0 aliphatic rings. The molecule has 0 aliphatic carbocycles. The zero-order valence-electron chi connectivity index (χ0n) is 16.8. The van der Waals surface area contributed by atoms with Crippen molar-refractivity contribution in [1.82, 2.24) is 19.6 Å². The lowest BCUT2D eigenvalue weighted by molar-refractivity contribution is -0.111. The Balaban J connectivity index is 1.65. The first kappa shape index (κ1) is 21.3. The molecule has 0 atom stereocenters. The van der Waals surface area contributed by atoms with Crippen LogP contribution in [0.2, 0.25) is 5.15 Å². The number of carbonyl (C=O) groups excluding carboxylic acids is 2. The Morgan fingerprint density at radius 3 is 2.57 bits per heavy atom. The summed E-state index contributed by atoms with van der Waals surface area (Å²) in [7, 11) is 0. The number of hydrogen-bond donors (Lipinski definition) is 2. The van der Waals surface area contributed by atoms with Crippen molar-refractivity contribution in [2.24, 2.45) is 5.73 Å². The lowest BCUT2D eigenvalue weighted by Gasteiger charge is -2.05. The molecule has 3 rings (SSSR count). The minimum Gasteiger partial charge on any atom is -0.364 e. The molecular weight excluding hydrogens is 404 g/mol. The molecule has 0 spiro atoms. The quantitative estimate of drug-likeness (QED) is 0.536. The molecule has 0 fully saturated rings. The van der Waals surface area contributed by atoms with Crippen LogP contribution in [0.25, 0.3) is 11.8 Å². The van der Waals surface area contributed by atoms with E-state index in [2.05, 4.69) is 22.4 Å². The summed E-state index contributed by atoms with van der Waals surface area (Å²) in [5.74, 6) is -0.870. The number of carbonyl (C=O) groups is 2. The molecule has 0 saturated carbocycles. The van der Waals surface area contributed by atoms with Crippen molar-refractivity contribution in [3.05, 3.63) is 64.7 Å². The van der Waals surface area contributed by atoms with Crippen molar-refractivity contribution in [2.45, 2.75) is 33.2 Å². The summed E-state index contributed by atoms with van der Waals surface area (Å²) in [6.45, 7) is 4.72. The third-order valence-electron chi connectivity index (χ3n) is 4.48. The number of nitrogens with two attached hydrogens (primary N) is 1. The number of amides is 2. The van der Waals surface area contributed by atoms with Gasteiger partial charge in [-0.3, -0.25) is 14.3 Å². The molecule has 30 heavy (non-hydrogen) atoms. The highest BCUT2D eigenvalue weighted by atomic mass is 35.5. The summed E-state index contributed by atoms with van der Waals surface area (Å²) in [4.78, 5) is 23.4. The number of unbranched alkanes of at least 4 members (excludes halogenated alkanes) is 1. The number of nitrogens with zero attached hydrogens (tertiary/aromatic N) is 4. The van der Waals surface area contributed by atoms with Gasteiger partial charge in [0, 0.05) is 30.1 Å². The van der Waals surface area contributed by atoms with Crippen molar-refractivity contribution in [1.29, 1.82) is 0 Å². The van der Waals surface area contributed by atoms with Gasteiger partial charge in [0.15, 0.2) is 0 Å². The molecular formula is C21H23ClN6O2. The van der Waals surface area contributed by atoms with Crippen LogP contribution in [0, 0.1) is 6.92 Å². The molecule has 0 radical (unpaired) electrons. The Labute approximate surface area is 179 Å². The molecule has 2 amide bonds. The molecule has 0 unspecified atom stereocenters. The molecule has 9 heteroatoms. The molecule has 8 nitrogen and oxygen atoms in total. The monoisotopic (exact) mass is 426 g/mol. The molecule has 2 aromatic heterocycles. The zero-order valence-corrected chi connectivity index (χ0v) is 17.6. The maximum Gasteiger partial charge on any atom is 0.269 e. The Morgan fingerprint density at radius 2 is 1.93 bits per heavy atom. The van der Waals surface area contributed by atoms with Gasteiger partial charge < -0.3 is 11.1 Å². The first-order chi connectivity index (χ1) is 14.4. The van der Waals surface area contributed by atoms with Crippen LogP contribution in [0.4, 0.5) is 5.69 Å². The Hall–Kier alpha value is -3.39. The maximum absolute atomic E-state index is 12.3. The summed E-state index contributed by atoms with van der Waals surface area (Å²) in [6, 6.07) is 8.58. The van der Waals surface area contributed by atoms with E-state index in [9.17, 15) is 9.59 Å². The molecule has 0 bridgehead atoms. The Kier molecular flexibility index (Phi) is 6.68. The average molecular weight is 427 g/mol. The van der Waals surface area contributed by atoms with Gasteiger partial charge in [-0.05, 0) is 49.8 Å². The van der Waals surface area contributed by atoms with Crippen molar-refractivity contribution >= 4 is 35.2 Å². The van der Waals surface area contributed by atoms with Gasteiger partial charge in [-0.15, -0.1) is 0 Å². The molecule has 3 aromatic rings. The first-order valence-corrected chi connectivity index (χ1v) is 9.94. The highest BCUT2D eigenvalue weighted by Gasteiger charge is 2.11. The van der Waals surface area contributed by atoms with E-state index in [1.54, 1.807) is 47.3 Å². The van der Waals surface area contributed by atoms with Crippen molar-refractivity contribution in [3.8, 4) is 5.69 Å². The summed E-state index contributed by atoms with van der Waals surface area (Å²) in [5.41, 5.74) is 8.27. The van der Waals surface area contributed by atoms with Gasteiger partial charge in [0.05, 0.1) is 11.4 Å². The maximum atomic E-state index is 12.3. The molecule has 2 heterocycles. The fourth-order valence-corrected chi connectivity index (χ4v) is 3.17. The van der Waals surface area contributed by atoms with Crippen LogP contribution in [0.5, 0.6) is 0 Å². The van der Waals surface area contributed by atoms with E-state index < -0.39 is 5.91 Å². The van der Waals surface area contributed by atoms with Crippen LogP contribution < -0.4 is 11.1 Å². The van der Waals surface area contributed by atoms with Gasteiger partial charge in [0.2, 0.25) is 5.91 Å². The number of rotatable bonds is 8. The van der Waals surface area contributed by atoms with Crippen LogP contribution in [0.15, 0.2) is 42.6 Å². The second-order valence-electron chi connectivity index (χ2n) is 6.75. The second-order valence-corrected chi connectivity index (χ2v) is 7.10. The van der Waals surface area contributed by atoms with Crippen LogP contribution in [-0.2, 0) is 11.3 Å². The Bertz CT molecular complexity index is 1080. The van der Waals surface area contributed by atoms with Crippen molar-refractivity contribution in [2.75, 3.05) is 5.32 Å². The van der Waals surface area contributed by atoms with E-state index in [-0.39, 0.29) is 11.6 Å². The van der Waals surface area contributed by atoms with Gasteiger partial charge >= 0.3 is 0 Å². The summed E-state index contributed by atoms with van der Waals surface area (Å²) in [6.07, 6.45) is 6.78. The van der Waals surface area contributed by atoms with Crippen molar-refractivity contribution in [3.63, 3.8) is 0 Å². The number of aryl methyl sites for hydroxylation is 2. The van der Waals surface area contributed by atoms with Crippen LogP contribution >= 0.6 is 11.6 Å². The zero-order chi connectivity index (χ0) is 21.7. The minimum absolute atomic E-state index is 0.185.